The van der Waals surface area contributed by atoms with Crippen LogP contribution in [-0.2, 0) is 6.18 Å². The summed E-state index contributed by atoms with van der Waals surface area (Å²) >= 11 is 0. The monoisotopic (exact) mass is 278 g/mol. The lowest BCUT2D eigenvalue weighted by atomic mass is 10.1. The van der Waals surface area contributed by atoms with E-state index in [1.54, 1.807) is 0 Å². The fourth-order valence-electron chi connectivity index (χ4n) is 1.46. The molecule has 0 saturated carbocycles. The van der Waals surface area contributed by atoms with E-state index in [9.17, 15) is 22.4 Å². The van der Waals surface area contributed by atoms with Gasteiger partial charge in [-0.25, -0.2) is 4.39 Å². The molecular formula is C12H14F4N2O. The Morgan fingerprint density at radius 2 is 1.89 bits per heavy atom. The van der Waals surface area contributed by atoms with Crippen molar-refractivity contribution in [3.05, 3.63) is 35.1 Å². The number of hydrogen-bond acceptors (Lipinski definition) is 2. The van der Waals surface area contributed by atoms with Gasteiger partial charge in [0.2, 0.25) is 0 Å². The summed E-state index contributed by atoms with van der Waals surface area (Å²) in [5.74, 6) is -1.83. The van der Waals surface area contributed by atoms with Gasteiger partial charge >= 0.3 is 6.18 Å². The Kier molecular flexibility index (Phi) is 5.29. The first-order valence-corrected chi connectivity index (χ1v) is 5.70. The fourth-order valence-corrected chi connectivity index (χ4v) is 1.46. The summed E-state index contributed by atoms with van der Waals surface area (Å²) in [6.45, 7) is 0.752. The van der Waals surface area contributed by atoms with Crippen LogP contribution >= 0.6 is 0 Å². The summed E-state index contributed by atoms with van der Waals surface area (Å²) in [4.78, 5) is 11.6. The van der Waals surface area contributed by atoms with Crippen LogP contribution in [0.3, 0.4) is 0 Å². The number of carbonyl (C=O) groups is 1. The van der Waals surface area contributed by atoms with Gasteiger partial charge in [0, 0.05) is 12.1 Å². The Morgan fingerprint density at radius 1 is 1.21 bits per heavy atom. The van der Waals surface area contributed by atoms with E-state index in [1.165, 1.54) is 0 Å². The van der Waals surface area contributed by atoms with Crippen LogP contribution < -0.4 is 11.1 Å². The summed E-state index contributed by atoms with van der Waals surface area (Å²) in [5.41, 5.74) is 3.73. The molecule has 106 valence electrons. The third-order valence-electron chi connectivity index (χ3n) is 2.40. The SMILES string of the molecule is NCCCCNC(=O)c1cc(F)cc(C(F)(F)F)c1. The zero-order valence-electron chi connectivity index (χ0n) is 10.1. The van der Waals surface area contributed by atoms with Gasteiger partial charge in [-0.15, -0.1) is 0 Å². The topological polar surface area (TPSA) is 55.1 Å². The number of nitrogens with two attached hydrogens (primary N) is 1. The Labute approximate surface area is 107 Å². The second-order valence-corrected chi connectivity index (χ2v) is 3.98. The van der Waals surface area contributed by atoms with Crippen molar-refractivity contribution in [2.75, 3.05) is 13.1 Å². The molecule has 19 heavy (non-hydrogen) atoms. The molecule has 1 aromatic rings. The number of benzene rings is 1. The van der Waals surface area contributed by atoms with Gasteiger partial charge in [0.05, 0.1) is 5.56 Å². The molecule has 3 N–H and O–H groups in total. The second kappa shape index (κ2) is 6.51. The number of unbranched alkanes of at least 4 members (excludes halogenated alkanes) is 1. The molecule has 0 atom stereocenters. The number of alkyl halides is 3. The van der Waals surface area contributed by atoms with Crippen molar-refractivity contribution < 1.29 is 22.4 Å². The maximum atomic E-state index is 13.1. The molecule has 1 aromatic carbocycles. The van der Waals surface area contributed by atoms with Crippen LogP contribution in [0.4, 0.5) is 17.6 Å². The largest absolute Gasteiger partial charge is 0.416 e. The lowest BCUT2D eigenvalue weighted by molar-refractivity contribution is -0.137. The van der Waals surface area contributed by atoms with Gasteiger partial charge in [0.1, 0.15) is 5.82 Å². The molecule has 1 amide bonds. The van der Waals surface area contributed by atoms with Crippen LogP contribution in [0.1, 0.15) is 28.8 Å². The second-order valence-electron chi connectivity index (χ2n) is 3.98. The van der Waals surface area contributed by atoms with Crippen molar-refractivity contribution in [2.45, 2.75) is 19.0 Å². The van der Waals surface area contributed by atoms with E-state index < -0.39 is 23.5 Å². The Hall–Kier alpha value is -1.63. The van der Waals surface area contributed by atoms with E-state index >= 15 is 0 Å². The number of hydrogen-bond donors (Lipinski definition) is 2. The minimum absolute atomic E-state index is 0.286. The normalized spacial score (nSPS) is 11.4. The van der Waals surface area contributed by atoms with E-state index in [2.05, 4.69) is 5.32 Å². The van der Waals surface area contributed by atoms with Crippen molar-refractivity contribution >= 4 is 5.91 Å². The molecule has 0 unspecified atom stereocenters. The Bertz CT molecular complexity index is 446. The smallest absolute Gasteiger partial charge is 0.352 e. The van der Waals surface area contributed by atoms with Gasteiger partial charge in [-0.1, -0.05) is 0 Å². The van der Waals surface area contributed by atoms with Crippen LogP contribution in [0.5, 0.6) is 0 Å². The van der Waals surface area contributed by atoms with Crippen molar-refractivity contribution in [2.24, 2.45) is 5.73 Å². The minimum Gasteiger partial charge on any atom is -0.352 e. The molecule has 3 nitrogen and oxygen atoms in total. The third-order valence-corrected chi connectivity index (χ3v) is 2.40. The first-order valence-electron chi connectivity index (χ1n) is 5.70. The molecule has 1 rings (SSSR count). The number of rotatable bonds is 5. The van der Waals surface area contributed by atoms with Crippen molar-refractivity contribution in [1.29, 1.82) is 0 Å². The van der Waals surface area contributed by atoms with Crippen LogP contribution in [0.15, 0.2) is 18.2 Å². The summed E-state index contributed by atoms with van der Waals surface area (Å²) in [7, 11) is 0. The van der Waals surface area contributed by atoms with Crippen LogP contribution in [0, 0.1) is 5.82 Å². The van der Waals surface area contributed by atoms with Gasteiger partial charge in [0.15, 0.2) is 0 Å². The molecule has 0 fully saturated rings. The van der Waals surface area contributed by atoms with Gasteiger partial charge in [-0.3, -0.25) is 4.79 Å². The van der Waals surface area contributed by atoms with Gasteiger partial charge in [-0.2, -0.15) is 13.2 Å². The molecule has 0 heterocycles. The minimum atomic E-state index is -4.68. The average Bonchev–Trinajstić information content (AvgIpc) is 2.32. The number of nitrogens with one attached hydrogen (secondary N) is 1. The molecule has 0 saturated heterocycles. The fraction of sp³-hybridized carbons (Fsp3) is 0.417. The summed E-state index contributed by atoms with van der Waals surface area (Å²) in [6.07, 6.45) is -3.38. The lowest BCUT2D eigenvalue weighted by Gasteiger charge is -2.09. The molecule has 0 bridgehead atoms. The third kappa shape index (κ3) is 4.86. The predicted molar refractivity (Wildman–Crippen MR) is 62.0 cm³/mol. The standard InChI is InChI=1S/C12H14F4N2O/c13-10-6-8(5-9(7-10)12(14,15)16)11(19)18-4-2-1-3-17/h5-7H,1-4,17H2,(H,18,19). The molecule has 0 aliphatic rings. The van der Waals surface area contributed by atoms with E-state index in [4.69, 9.17) is 5.73 Å². The molecule has 0 radical (unpaired) electrons. The molecule has 0 aromatic heterocycles. The summed E-state index contributed by atoms with van der Waals surface area (Å²) in [5, 5.41) is 2.41. The van der Waals surface area contributed by atoms with E-state index in [0.717, 1.165) is 6.07 Å². The predicted octanol–water partition coefficient (Wildman–Crippen LogP) is 2.31. The van der Waals surface area contributed by atoms with Gasteiger partial charge in [0.25, 0.3) is 5.91 Å². The van der Waals surface area contributed by atoms with Crippen molar-refractivity contribution in [1.82, 2.24) is 5.32 Å². The van der Waals surface area contributed by atoms with Crippen LogP contribution in [0.25, 0.3) is 0 Å². The summed E-state index contributed by atoms with van der Waals surface area (Å²) in [6, 6.07) is 1.75. The number of carbonyl (C=O) groups excluding carboxylic acids is 1. The van der Waals surface area contributed by atoms with Gasteiger partial charge in [-0.05, 0) is 37.6 Å². The molecular weight excluding hydrogens is 264 g/mol. The quantitative estimate of drug-likeness (QED) is 0.641. The number of amides is 1. The zero-order valence-corrected chi connectivity index (χ0v) is 10.1. The van der Waals surface area contributed by atoms with Crippen molar-refractivity contribution in [3.63, 3.8) is 0 Å². The molecule has 0 aliphatic carbocycles. The lowest BCUT2D eigenvalue weighted by Crippen LogP contribution is -2.25. The highest BCUT2D eigenvalue weighted by molar-refractivity contribution is 5.94. The number of halogens is 4. The average molecular weight is 278 g/mol. The zero-order chi connectivity index (χ0) is 14.5. The van der Waals surface area contributed by atoms with E-state index in [1.807, 2.05) is 0 Å². The maximum Gasteiger partial charge on any atom is 0.416 e. The highest BCUT2D eigenvalue weighted by atomic mass is 19.4. The van der Waals surface area contributed by atoms with E-state index in [-0.39, 0.29) is 12.1 Å². The Balaban J connectivity index is 2.77. The highest BCUT2D eigenvalue weighted by Gasteiger charge is 2.31. The first kappa shape index (κ1) is 15.4. The van der Waals surface area contributed by atoms with E-state index in [0.29, 0.717) is 31.5 Å². The maximum absolute atomic E-state index is 13.1. The van der Waals surface area contributed by atoms with Crippen LogP contribution in [0.2, 0.25) is 0 Å². The molecule has 0 spiro atoms. The molecule has 0 aliphatic heterocycles. The highest BCUT2D eigenvalue weighted by Crippen LogP contribution is 2.30. The van der Waals surface area contributed by atoms with Crippen molar-refractivity contribution in [3.8, 4) is 0 Å². The van der Waals surface area contributed by atoms with Gasteiger partial charge < -0.3 is 11.1 Å². The molecule has 7 heteroatoms. The summed E-state index contributed by atoms with van der Waals surface area (Å²) < 4.78 is 50.4. The Morgan fingerprint density at radius 3 is 2.47 bits per heavy atom. The first-order chi connectivity index (χ1) is 8.84. The van der Waals surface area contributed by atoms with Crippen LogP contribution in [-0.4, -0.2) is 19.0 Å².